The van der Waals surface area contributed by atoms with E-state index in [0.717, 1.165) is 5.56 Å². The van der Waals surface area contributed by atoms with Gasteiger partial charge in [0.25, 0.3) is 0 Å². The number of rotatable bonds is 4. The quantitative estimate of drug-likeness (QED) is 0.695. The van der Waals surface area contributed by atoms with Crippen molar-refractivity contribution in [2.45, 2.75) is 20.3 Å². The number of benzene rings is 1. The number of nitrogens with two attached hydrogens (primary N) is 1. The molecule has 20 heavy (non-hydrogen) atoms. The summed E-state index contributed by atoms with van der Waals surface area (Å²) in [5, 5.41) is 0.620. The van der Waals surface area contributed by atoms with Crippen molar-refractivity contribution in [1.29, 1.82) is 0 Å². The van der Waals surface area contributed by atoms with E-state index in [-0.39, 0.29) is 12.3 Å². The molecular weight excluding hydrogens is 278 g/mol. The molecule has 0 saturated heterocycles. The zero-order valence-electron chi connectivity index (χ0n) is 11.4. The average Bonchev–Trinajstić information content (AvgIpc) is 2.77. The maximum Gasteiger partial charge on any atom is 0.359 e. The predicted octanol–water partition coefficient (Wildman–Crippen LogP) is 2.66. The van der Waals surface area contributed by atoms with Gasteiger partial charge in [-0.1, -0.05) is 30.7 Å². The molecule has 1 aromatic heterocycles. The fourth-order valence-corrected chi connectivity index (χ4v) is 2.06. The first kappa shape index (κ1) is 14.4. The van der Waals surface area contributed by atoms with Crippen LogP contribution in [0.25, 0.3) is 11.3 Å². The van der Waals surface area contributed by atoms with E-state index in [2.05, 4.69) is 4.98 Å². The van der Waals surface area contributed by atoms with E-state index < -0.39 is 5.97 Å². The van der Waals surface area contributed by atoms with Crippen LogP contribution in [0, 0.1) is 0 Å². The molecule has 2 rings (SSSR count). The normalized spacial score (nSPS) is 10.6. The van der Waals surface area contributed by atoms with Gasteiger partial charge in [-0.15, -0.1) is 0 Å². The molecular formula is C14H16ClN3O2. The number of carbonyl (C=O) groups is 1. The lowest BCUT2D eigenvalue weighted by Gasteiger charge is -2.06. The van der Waals surface area contributed by atoms with Crippen LogP contribution in [0.2, 0.25) is 5.02 Å². The van der Waals surface area contributed by atoms with Gasteiger partial charge in [0.15, 0.2) is 5.69 Å². The highest BCUT2D eigenvalue weighted by molar-refractivity contribution is 6.30. The molecule has 0 radical (unpaired) electrons. The highest BCUT2D eigenvalue weighted by Gasteiger charge is 2.23. The summed E-state index contributed by atoms with van der Waals surface area (Å²) in [6.45, 7) is 3.95. The van der Waals surface area contributed by atoms with E-state index >= 15 is 0 Å². The highest BCUT2D eigenvalue weighted by Crippen LogP contribution is 2.25. The average molecular weight is 294 g/mol. The van der Waals surface area contributed by atoms with E-state index in [4.69, 9.17) is 22.2 Å². The van der Waals surface area contributed by atoms with Crippen molar-refractivity contribution in [2.24, 2.45) is 0 Å². The largest absolute Gasteiger partial charge is 0.461 e. The van der Waals surface area contributed by atoms with Gasteiger partial charge in [0.2, 0.25) is 0 Å². The van der Waals surface area contributed by atoms with E-state index in [0.29, 0.717) is 23.0 Å². The highest BCUT2D eigenvalue weighted by atomic mass is 35.5. The number of aryl methyl sites for hydroxylation is 1. The number of hydrogen-bond acceptors (Lipinski definition) is 4. The molecule has 106 valence electrons. The van der Waals surface area contributed by atoms with Gasteiger partial charge in [-0.25, -0.2) is 14.5 Å². The molecule has 0 atom stereocenters. The second kappa shape index (κ2) is 5.96. The minimum absolute atomic E-state index is 0.256. The Kier molecular flexibility index (Phi) is 4.29. The molecule has 0 unspecified atom stereocenters. The third-order valence-corrected chi connectivity index (χ3v) is 3.14. The van der Waals surface area contributed by atoms with Gasteiger partial charge in [0, 0.05) is 17.0 Å². The molecule has 0 fully saturated rings. The number of aromatic nitrogens is 2. The maximum atomic E-state index is 12.1. The Labute approximate surface area is 122 Å². The fraction of sp³-hybridized carbons (Fsp3) is 0.286. The minimum atomic E-state index is -0.479. The smallest absolute Gasteiger partial charge is 0.359 e. The number of esters is 1. The van der Waals surface area contributed by atoms with Crippen LogP contribution in [0.15, 0.2) is 24.3 Å². The summed E-state index contributed by atoms with van der Waals surface area (Å²) in [5.74, 6) is 6.08. The van der Waals surface area contributed by atoms with Crippen molar-refractivity contribution in [1.82, 2.24) is 9.66 Å². The van der Waals surface area contributed by atoms with Gasteiger partial charge in [-0.3, -0.25) is 0 Å². The van der Waals surface area contributed by atoms with Gasteiger partial charge in [0.1, 0.15) is 11.5 Å². The Morgan fingerprint density at radius 2 is 2.00 bits per heavy atom. The van der Waals surface area contributed by atoms with Crippen molar-refractivity contribution in [3.63, 3.8) is 0 Å². The molecule has 1 aromatic carbocycles. The first-order chi connectivity index (χ1) is 9.58. The molecule has 0 bridgehead atoms. The third-order valence-electron chi connectivity index (χ3n) is 2.89. The van der Waals surface area contributed by atoms with Crippen LogP contribution < -0.4 is 5.84 Å². The molecule has 0 saturated carbocycles. The number of imidazole rings is 1. The Morgan fingerprint density at radius 3 is 2.55 bits per heavy atom. The van der Waals surface area contributed by atoms with Crippen LogP contribution in [0.3, 0.4) is 0 Å². The number of hydrogen-bond donors (Lipinski definition) is 1. The SMILES string of the molecule is CCOC(=O)c1c(-c2ccc(Cl)cc2)nc(CC)n1N. The van der Waals surface area contributed by atoms with Crippen molar-refractivity contribution in [2.75, 3.05) is 12.4 Å². The topological polar surface area (TPSA) is 70.1 Å². The second-order valence-electron chi connectivity index (χ2n) is 4.18. The number of halogens is 1. The molecule has 0 amide bonds. The molecule has 1 heterocycles. The van der Waals surface area contributed by atoms with E-state index in [1.807, 2.05) is 6.92 Å². The Hall–Kier alpha value is -2.01. The first-order valence-corrected chi connectivity index (χ1v) is 6.76. The summed E-state index contributed by atoms with van der Waals surface area (Å²) in [4.78, 5) is 16.5. The molecule has 0 spiro atoms. The van der Waals surface area contributed by atoms with E-state index in [1.165, 1.54) is 4.68 Å². The lowest BCUT2D eigenvalue weighted by molar-refractivity contribution is 0.0517. The van der Waals surface area contributed by atoms with Gasteiger partial charge in [-0.2, -0.15) is 0 Å². The minimum Gasteiger partial charge on any atom is -0.461 e. The van der Waals surface area contributed by atoms with Gasteiger partial charge in [0.05, 0.1) is 6.61 Å². The van der Waals surface area contributed by atoms with Crippen LogP contribution in [0.1, 0.15) is 30.2 Å². The first-order valence-electron chi connectivity index (χ1n) is 6.38. The van der Waals surface area contributed by atoms with Crippen LogP contribution in [0.4, 0.5) is 0 Å². The maximum absolute atomic E-state index is 12.1. The van der Waals surface area contributed by atoms with Crippen molar-refractivity contribution >= 4 is 17.6 Å². The Morgan fingerprint density at radius 1 is 1.35 bits per heavy atom. The zero-order valence-corrected chi connectivity index (χ0v) is 12.1. The molecule has 2 aromatic rings. The lowest BCUT2D eigenvalue weighted by atomic mass is 10.1. The number of nitrogen functional groups attached to an aromatic ring is 1. The monoisotopic (exact) mass is 293 g/mol. The van der Waals surface area contributed by atoms with E-state index in [1.54, 1.807) is 31.2 Å². The van der Waals surface area contributed by atoms with Crippen molar-refractivity contribution in [3.8, 4) is 11.3 Å². The summed E-state index contributed by atoms with van der Waals surface area (Å²) in [6.07, 6.45) is 0.622. The summed E-state index contributed by atoms with van der Waals surface area (Å²) in [6, 6.07) is 7.08. The van der Waals surface area contributed by atoms with Crippen LogP contribution >= 0.6 is 11.6 Å². The number of carbonyl (C=O) groups excluding carboxylic acids is 1. The molecule has 6 heteroatoms. The fourth-order valence-electron chi connectivity index (χ4n) is 1.93. The molecule has 0 aliphatic heterocycles. The van der Waals surface area contributed by atoms with Crippen LogP contribution in [0.5, 0.6) is 0 Å². The third kappa shape index (κ3) is 2.63. The van der Waals surface area contributed by atoms with Crippen molar-refractivity contribution in [3.05, 3.63) is 40.8 Å². The molecule has 2 N–H and O–H groups in total. The van der Waals surface area contributed by atoms with Gasteiger partial charge in [-0.05, 0) is 19.1 Å². The second-order valence-corrected chi connectivity index (χ2v) is 4.61. The predicted molar refractivity (Wildman–Crippen MR) is 78.2 cm³/mol. The standard InChI is InChI=1S/C14H16ClN3O2/c1-3-11-17-12(9-5-7-10(15)8-6-9)13(18(11)16)14(19)20-4-2/h5-8H,3-4,16H2,1-2H3. The Balaban J connectivity index is 2.56. The summed E-state index contributed by atoms with van der Waals surface area (Å²) in [5.41, 5.74) is 1.54. The van der Waals surface area contributed by atoms with E-state index in [9.17, 15) is 4.79 Å². The van der Waals surface area contributed by atoms with Gasteiger partial charge >= 0.3 is 5.97 Å². The summed E-state index contributed by atoms with van der Waals surface area (Å²) >= 11 is 5.87. The van der Waals surface area contributed by atoms with Crippen LogP contribution in [-0.2, 0) is 11.2 Å². The molecule has 5 nitrogen and oxygen atoms in total. The summed E-state index contributed by atoms with van der Waals surface area (Å²) in [7, 11) is 0. The van der Waals surface area contributed by atoms with Crippen LogP contribution in [-0.4, -0.2) is 22.2 Å². The Bertz CT molecular complexity index is 620. The zero-order chi connectivity index (χ0) is 14.7. The lowest BCUT2D eigenvalue weighted by Crippen LogP contribution is -2.20. The molecule has 0 aliphatic carbocycles. The van der Waals surface area contributed by atoms with Gasteiger partial charge < -0.3 is 10.6 Å². The molecule has 0 aliphatic rings. The van der Waals surface area contributed by atoms with Crippen molar-refractivity contribution < 1.29 is 9.53 Å². The number of ether oxygens (including phenoxy) is 1. The number of nitrogens with zero attached hydrogens (tertiary/aromatic N) is 2. The summed E-state index contributed by atoms with van der Waals surface area (Å²) < 4.78 is 6.34.